The lowest BCUT2D eigenvalue weighted by atomic mass is 10.1. The molecule has 0 bridgehead atoms. The van der Waals surface area contributed by atoms with Crippen molar-refractivity contribution in [1.29, 1.82) is 0 Å². The Morgan fingerprint density at radius 2 is 2.32 bits per heavy atom. The molecule has 0 heterocycles. The number of amides is 1. The number of benzene rings is 1. The second kappa shape index (κ2) is 5.93. The van der Waals surface area contributed by atoms with Gasteiger partial charge in [-0.3, -0.25) is 4.79 Å². The van der Waals surface area contributed by atoms with Crippen LogP contribution in [-0.4, -0.2) is 30.8 Å². The van der Waals surface area contributed by atoms with E-state index in [1.54, 1.807) is 25.3 Å². The first-order valence-corrected chi connectivity index (χ1v) is 6.50. The predicted octanol–water partition coefficient (Wildman–Crippen LogP) is 1.17. The number of ether oxygens (including phenoxy) is 1. The van der Waals surface area contributed by atoms with E-state index < -0.39 is 0 Å². The van der Waals surface area contributed by atoms with Crippen molar-refractivity contribution in [2.45, 2.75) is 25.4 Å². The first kappa shape index (κ1) is 13.7. The number of anilines is 1. The smallest absolute Gasteiger partial charge is 0.253 e. The highest BCUT2D eigenvalue weighted by Gasteiger charge is 2.23. The van der Waals surface area contributed by atoms with Gasteiger partial charge in [-0.05, 0) is 37.3 Å². The summed E-state index contributed by atoms with van der Waals surface area (Å²) in [5.74, 6) is 0.813. The van der Waals surface area contributed by atoms with Crippen molar-refractivity contribution >= 4 is 11.6 Å². The number of hydrogen-bond donors (Lipinski definition) is 3. The Labute approximate surface area is 112 Å². The summed E-state index contributed by atoms with van der Waals surface area (Å²) in [5.41, 5.74) is 6.69. The predicted molar refractivity (Wildman–Crippen MR) is 73.1 cm³/mol. The van der Waals surface area contributed by atoms with Crippen LogP contribution in [-0.2, 0) is 0 Å². The molecule has 0 spiro atoms. The zero-order valence-corrected chi connectivity index (χ0v) is 11.1. The van der Waals surface area contributed by atoms with Gasteiger partial charge in [-0.25, -0.2) is 0 Å². The zero-order chi connectivity index (χ0) is 13.8. The molecule has 1 saturated carbocycles. The molecule has 2 unspecified atom stereocenters. The van der Waals surface area contributed by atoms with Gasteiger partial charge in [-0.1, -0.05) is 0 Å². The molecule has 1 amide bonds. The quantitative estimate of drug-likeness (QED) is 0.713. The molecule has 0 aliphatic heterocycles. The first-order chi connectivity index (χ1) is 9.10. The highest BCUT2D eigenvalue weighted by molar-refractivity contribution is 5.99. The second-order valence-electron chi connectivity index (χ2n) is 5.00. The van der Waals surface area contributed by atoms with Crippen LogP contribution in [0.2, 0.25) is 0 Å². The molecule has 104 valence electrons. The van der Waals surface area contributed by atoms with E-state index in [9.17, 15) is 9.90 Å². The Balaban J connectivity index is 1.92. The van der Waals surface area contributed by atoms with Gasteiger partial charge in [0.1, 0.15) is 5.75 Å². The van der Waals surface area contributed by atoms with Gasteiger partial charge >= 0.3 is 0 Å². The Morgan fingerprint density at radius 3 is 2.89 bits per heavy atom. The van der Waals surface area contributed by atoms with Crippen molar-refractivity contribution < 1.29 is 14.6 Å². The molecule has 1 aliphatic carbocycles. The summed E-state index contributed by atoms with van der Waals surface area (Å²) < 4.78 is 5.04. The minimum absolute atomic E-state index is 0.179. The minimum Gasteiger partial charge on any atom is -0.497 e. The average Bonchev–Trinajstić information content (AvgIpc) is 2.81. The number of carbonyl (C=O) groups is 1. The summed E-state index contributed by atoms with van der Waals surface area (Å²) >= 11 is 0. The number of carbonyl (C=O) groups excluding carboxylic acids is 1. The van der Waals surface area contributed by atoms with E-state index in [1.807, 2.05) is 0 Å². The second-order valence-corrected chi connectivity index (χ2v) is 5.00. The summed E-state index contributed by atoms with van der Waals surface area (Å²) in [6.07, 6.45) is 2.33. The van der Waals surface area contributed by atoms with E-state index in [-0.39, 0.29) is 12.0 Å². The molecule has 1 aromatic rings. The number of rotatable bonds is 4. The van der Waals surface area contributed by atoms with Gasteiger partial charge in [0.25, 0.3) is 5.91 Å². The third-order valence-corrected chi connectivity index (χ3v) is 3.57. The number of hydrogen-bond acceptors (Lipinski definition) is 4. The highest BCUT2D eigenvalue weighted by Crippen LogP contribution is 2.25. The van der Waals surface area contributed by atoms with E-state index in [4.69, 9.17) is 10.5 Å². The van der Waals surface area contributed by atoms with Crippen molar-refractivity contribution in [2.24, 2.45) is 5.92 Å². The molecular formula is C14H20N2O3. The van der Waals surface area contributed by atoms with Crippen LogP contribution in [0.5, 0.6) is 5.75 Å². The summed E-state index contributed by atoms with van der Waals surface area (Å²) in [6, 6.07) is 5.01. The van der Waals surface area contributed by atoms with Crippen LogP contribution in [0.4, 0.5) is 5.69 Å². The van der Waals surface area contributed by atoms with Crippen LogP contribution >= 0.6 is 0 Å². The van der Waals surface area contributed by atoms with Gasteiger partial charge in [0, 0.05) is 18.3 Å². The zero-order valence-electron chi connectivity index (χ0n) is 11.1. The van der Waals surface area contributed by atoms with Crippen molar-refractivity contribution in [1.82, 2.24) is 5.32 Å². The van der Waals surface area contributed by atoms with Crippen molar-refractivity contribution in [2.75, 3.05) is 19.4 Å². The maximum absolute atomic E-state index is 12.0. The normalized spacial score (nSPS) is 22.2. The fourth-order valence-electron chi connectivity index (χ4n) is 2.44. The van der Waals surface area contributed by atoms with Crippen LogP contribution in [0.3, 0.4) is 0 Å². The Kier molecular flexibility index (Phi) is 4.27. The first-order valence-electron chi connectivity index (χ1n) is 6.50. The average molecular weight is 264 g/mol. The topological polar surface area (TPSA) is 84.6 Å². The molecule has 19 heavy (non-hydrogen) atoms. The Hall–Kier alpha value is -1.75. The number of aliphatic hydroxyl groups is 1. The SMILES string of the molecule is COc1ccc(C(=O)NCC2CCC(O)C2)c(N)c1. The lowest BCUT2D eigenvalue weighted by Gasteiger charge is -2.12. The van der Waals surface area contributed by atoms with Gasteiger partial charge < -0.3 is 20.9 Å². The van der Waals surface area contributed by atoms with E-state index in [1.165, 1.54) is 0 Å². The van der Waals surface area contributed by atoms with E-state index >= 15 is 0 Å². The van der Waals surface area contributed by atoms with Gasteiger partial charge in [0.15, 0.2) is 0 Å². The fourth-order valence-corrected chi connectivity index (χ4v) is 2.44. The molecule has 0 saturated heterocycles. The number of nitrogens with one attached hydrogen (secondary N) is 1. The molecule has 4 N–H and O–H groups in total. The molecule has 1 fully saturated rings. The maximum atomic E-state index is 12.0. The molecule has 2 rings (SSSR count). The Morgan fingerprint density at radius 1 is 1.53 bits per heavy atom. The van der Waals surface area contributed by atoms with Crippen LogP contribution < -0.4 is 15.8 Å². The van der Waals surface area contributed by atoms with Crippen molar-refractivity contribution in [3.05, 3.63) is 23.8 Å². The van der Waals surface area contributed by atoms with Gasteiger partial charge in [-0.2, -0.15) is 0 Å². The van der Waals surface area contributed by atoms with Crippen LogP contribution in [0, 0.1) is 5.92 Å². The number of nitrogens with two attached hydrogens (primary N) is 1. The molecule has 0 aromatic heterocycles. The molecule has 1 aromatic carbocycles. The lowest BCUT2D eigenvalue weighted by molar-refractivity contribution is 0.0946. The van der Waals surface area contributed by atoms with Crippen molar-refractivity contribution in [3.8, 4) is 5.75 Å². The molecule has 0 radical (unpaired) electrons. The minimum atomic E-state index is -0.215. The van der Waals surface area contributed by atoms with Gasteiger partial charge in [0.2, 0.25) is 0 Å². The largest absolute Gasteiger partial charge is 0.497 e. The summed E-state index contributed by atoms with van der Waals surface area (Å²) in [6.45, 7) is 0.585. The summed E-state index contributed by atoms with van der Waals surface area (Å²) in [7, 11) is 1.56. The van der Waals surface area contributed by atoms with Crippen LogP contribution in [0.25, 0.3) is 0 Å². The summed E-state index contributed by atoms with van der Waals surface area (Å²) in [5, 5.41) is 12.3. The van der Waals surface area contributed by atoms with Gasteiger partial charge in [0.05, 0.1) is 18.8 Å². The standard InChI is InChI=1S/C14H20N2O3/c1-19-11-4-5-12(13(15)7-11)14(18)16-8-9-2-3-10(17)6-9/h4-5,7,9-10,17H,2-3,6,8,15H2,1H3,(H,16,18). The monoisotopic (exact) mass is 264 g/mol. The van der Waals surface area contributed by atoms with Crippen LogP contribution in [0.15, 0.2) is 18.2 Å². The maximum Gasteiger partial charge on any atom is 0.253 e. The molecule has 2 atom stereocenters. The molecular weight excluding hydrogens is 244 g/mol. The van der Waals surface area contributed by atoms with E-state index in [0.29, 0.717) is 29.5 Å². The Bertz CT molecular complexity index is 462. The molecule has 5 nitrogen and oxygen atoms in total. The van der Waals surface area contributed by atoms with E-state index in [2.05, 4.69) is 5.32 Å². The molecule has 5 heteroatoms. The van der Waals surface area contributed by atoms with Gasteiger partial charge in [-0.15, -0.1) is 0 Å². The number of nitrogen functional groups attached to an aromatic ring is 1. The summed E-state index contributed by atoms with van der Waals surface area (Å²) in [4.78, 5) is 12.0. The fraction of sp³-hybridized carbons (Fsp3) is 0.500. The van der Waals surface area contributed by atoms with Crippen molar-refractivity contribution in [3.63, 3.8) is 0 Å². The molecule has 1 aliphatic rings. The lowest BCUT2D eigenvalue weighted by Crippen LogP contribution is -2.29. The number of aliphatic hydroxyl groups excluding tert-OH is 1. The third-order valence-electron chi connectivity index (χ3n) is 3.57. The third kappa shape index (κ3) is 3.38. The number of methoxy groups -OCH3 is 1. The van der Waals surface area contributed by atoms with Crippen LogP contribution in [0.1, 0.15) is 29.6 Å². The highest BCUT2D eigenvalue weighted by atomic mass is 16.5. The van der Waals surface area contributed by atoms with E-state index in [0.717, 1.165) is 19.3 Å².